The average molecular weight is 758 g/mol. The summed E-state index contributed by atoms with van der Waals surface area (Å²) < 4.78 is 106. The molecule has 0 amide bonds. The first-order chi connectivity index (χ1) is 24.5. The maximum Gasteiger partial charge on any atom is 0.573 e. The second-order valence-electron chi connectivity index (χ2n) is 11.9. The highest BCUT2D eigenvalue weighted by Crippen LogP contribution is 2.30. The summed E-state index contributed by atoms with van der Waals surface area (Å²) in [6.07, 6.45) is -5.55. The number of anilines is 2. The lowest BCUT2D eigenvalue weighted by atomic mass is 9.82. The van der Waals surface area contributed by atoms with E-state index in [1.54, 1.807) is 7.11 Å². The Kier molecular flexibility index (Phi) is 13.5. The van der Waals surface area contributed by atoms with Gasteiger partial charge in [0.2, 0.25) is 16.0 Å². The lowest BCUT2D eigenvalue weighted by Crippen LogP contribution is -2.32. The fourth-order valence-corrected chi connectivity index (χ4v) is 6.53. The summed E-state index contributed by atoms with van der Waals surface area (Å²) in [7, 11) is -2.20. The molecule has 4 N–H and O–H groups in total. The van der Waals surface area contributed by atoms with E-state index < -0.39 is 34.3 Å². The molecule has 0 spiro atoms. The highest BCUT2D eigenvalue weighted by molar-refractivity contribution is 7.89. The summed E-state index contributed by atoms with van der Waals surface area (Å²) in [5.41, 5.74) is 2.04. The molecule has 52 heavy (non-hydrogen) atoms. The normalized spacial score (nSPS) is 16.4. The van der Waals surface area contributed by atoms with Crippen molar-refractivity contribution in [3.63, 3.8) is 0 Å². The van der Waals surface area contributed by atoms with E-state index in [0.29, 0.717) is 25.0 Å². The number of carboxylic acids is 1. The van der Waals surface area contributed by atoms with Gasteiger partial charge >= 0.3 is 18.5 Å². The van der Waals surface area contributed by atoms with Crippen molar-refractivity contribution in [2.45, 2.75) is 49.5 Å². The van der Waals surface area contributed by atoms with Crippen molar-refractivity contribution < 1.29 is 54.1 Å². The molecule has 0 radical (unpaired) electrons. The summed E-state index contributed by atoms with van der Waals surface area (Å²) >= 11 is 0. The number of rotatable bonds is 13. The van der Waals surface area contributed by atoms with Gasteiger partial charge in [-0.3, -0.25) is 0 Å². The minimum Gasteiger partial charge on any atom is -0.497 e. The number of ether oxygens (including phenoxy) is 2. The molecule has 1 heterocycles. The summed E-state index contributed by atoms with van der Waals surface area (Å²) in [5, 5.41) is 15.0. The van der Waals surface area contributed by atoms with Crippen LogP contribution in [0.25, 0.3) is 10.9 Å². The topological polar surface area (TPSA) is 152 Å². The second kappa shape index (κ2) is 17.6. The highest BCUT2D eigenvalue weighted by Gasteiger charge is 2.38. The Balaban J connectivity index is 0.000000785. The molecule has 0 aliphatic heterocycles. The third-order valence-corrected chi connectivity index (χ3v) is 9.60. The number of alkyl halides is 6. The van der Waals surface area contributed by atoms with Gasteiger partial charge in [0, 0.05) is 25.0 Å². The Hall–Kier alpha value is -4.84. The maximum atomic E-state index is 12.7. The van der Waals surface area contributed by atoms with Crippen LogP contribution in [0.3, 0.4) is 0 Å². The van der Waals surface area contributed by atoms with Gasteiger partial charge < -0.3 is 25.2 Å². The van der Waals surface area contributed by atoms with Crippen LogP contribution in [-0.2, 0) is 21.2 Å². The molecule has 282 valence electrons. The van der Waals surface area contributed by atoms with Crippen LogP contribution in [0.5, 0.6) is 11.5 Å². The number of nitrogens with zero attached hydrogens (tertiary/aromatic N) is 2. The van der Waals surface area contributed by atoms with Gasteiger partial charge in [-0.05, 0) is 98.0 Å². The van der Waals surface area contributed by atoms with Crippen molar-refractivity contribution in [1.29, 1.82) is 0 Å². The molecule has 1 aliphatic carbocycles. The Morgan fingerprint density at radius 1 is 0.827 bits per heavy atom. The van der Waals surface area contributed by atoms with Gasteiger partial charge in [-0.15, -0.1) is 13.2 Å². The number of carbonyl (C=O) groups is 1. The molecule has 3 aromatic carbocycles. The van der Waals surface area contributed by atoms with Crippen molar-refractivity contribution in [3.8, 4) is 11.5 Å². The number of halogens is 6. The number of carboxylic acid groups (broad SMARTS) is 1. The van der Waals surface area contributed by atoms with Crippen LogP contribution in [0.4, 0.5) is 38.1 Å². The number of para-hydroxylation sites is 1. The minimum absolute atomic E-state index is 0.111. The lowest BCUT2D eigenvalue weighted by molar-refractivity contribution is -0.274. The first kappa shape index (κ1) is 39.9. The Labute approximate surface area is 295 Å². The van der Waals surface area contributed by atoms with Gasteiger partial charge in [0.15, 0.2) is 0 Å². The van der Waals surface area contributed by atoms with E-state index in [9.17, 15) is 34.8 Å². The third-order valence-electron chi connectivity index (χ3n) is 8.16. The molecule has 0 saturated heterocycles. The number of aromatic nitrogens is 2. The largest absolute Gasteiger partial charge is 0.573 e. The summed E-state index contributed by atoms with van der Waals surface area (Å²) in [6, 6.07) is 20.1. The first-order valence-electron chi connectivity index (χ1n) is 16.1. The van der Waals surface area contributed by atoms with Crippen LogP contribution >= 0.6 is 0 Å². The van der Waals surface area contributed by atoms with Crippen LogP contribution in [0, 0.1) is 11.8 Å². The van der Waals surface area contributed by atoms with E-state index in [2.05, 4.69) is 20.1 Å². The Morgan fingerprint density at radius 2 is 1.40 bits per heavy atom. The number of sulfonamides is 1. The molecule has 0 atom stereocenters. The zero-order valence-electron chi connectivity index (χ0n) is 27.8. The van der Waals surface area contributed by atoms with E-state index in [1.165, 1.54) is 5.56 Å². The number of aliphatic carboxylic acids is 1. The van der Waals surface area contributed by atoms with Crippen LogP contribution in [0.15, 0.2) is 77.7 Å². The molecule has 0 bridgehead atoms. The molecule has 1 aliphatic rings. The standard InChI is InChI=1S/C32H36F3N5O4S.C2HF3O2/c1-43-25-12-10-22(11-13-25)18-19-36-30-28-4-2-3-5-29(28)39-31(40-30)37-20-23-6-8-24(9-7-23)21-38-45(41,42)27-16-14-26(15-17-27)44-32(33,34)35;3-2(4,5)1(6)7/h2-5,10-17,23-24,38H,6-9,18-21H2,1H3,(H2,36,37,39,40);(H,6,7). The van der Waals surface area contributed by atoms with Crippen molar-refractivity contribution in [2.24, 2.45) is 11.8 Å². The van der Waals surface area contributed by atoms with Crippen LogP contribution in [-0.4, -0.2) is 68.7 Å². The molecular weight excluding hydrogens is 720 g/mol. The molecule has 1 saturated carbocycles. The Bertz CT molecular complexity index is 1870. The fraction of sp³-hybridized carbons (Fsp3) is 0.382. The van der Waals surface area contributed by atoms with E-state index in [0.717, 1.165) is 78.8 Å². The number of hydrogen-bond donors (Lipinski definition) is 4. The van der Waals surface area contributed by atoms with Crippen LogP contribution in [0.2, 0.25) is 0 Å². The predicted octanol–water partition coefficient (Wildman–Crippen LogP) is 7.02. The summed E-state index contributed by atoms with van der Waals surface area (Å²) in [5.74, 6) is -0.514. The van der Waals surface area contributed by atoms with Gasteiger partial charge in [0.25, 0.3) is 0 Å². The lowest BCUT2D eigenvalue weighted by Gasteiger charge is -2.28. The van der Waals surface area contributed by atoms with E-state index >= 15 is 0 Å². The highest BCUT2D eigenvalue weighted by atomic mass is 32.2. The molecule has 1 fully saturated rings. The zero-order chi connectivity index (χ0) is 37.9. The molecule has 18 heteroatoms. The predicted molar refractivity (Wildman–Crippen MR) is 181 cm³/mol. The van der Waals surface area contributed by atoms with Gasteiger partial charge in [-0.2, -0.15) is 18.2 Å². The van der Waals surface area contributed by atoms with Crippen molar-refractivity contribution >= 4 is 38.7 Å². The molecule has 11 nitrogen and oxygen atoms in total. The Morgan fingerprint density at radius 3 is 1.98 bits per heavy atom. The molecule has 1 aromatic heterocycles. The van der Waals surface area contributed by atoms with Gasteiger partial charge in [0.1, 0.15) is 17.3 Å². The van der Waals surface area contributed by atoms with Crippen LogP contribution in [0.1, 0.15) is 31.2 Å². The van der Waals surface area contributed by atoms with E-state index in [-0.39, 0.29) is 17.4 Å². The fourth-order valence-electron chi connectivity index (χ4n) is 5.41. The van der Waals surface area contributed by atoms with Gasteiger partial charge in [-0.1, -0.05) is 24.3 Å². The van der Waals surface area contributed by atoms with E-state index in [1.807, 2.05) is 48.5 Å². The monoisotopic (exact) mass is 757 g/mol. The van der Waals surface area contributed by atoms with Crippen molar-refractivity contribution in [1.82, 2.24) is 14.7 Å². The van der Waals surface area contributed by atoms with Gasteiger partial charge in [-0.25, -0.2) is 22.9 Å². The quantitative estimate of drug-likeness (QED) is 0.105. The minimum atomic E-state index is -5.08. The van der Waals surface area contributed by atoms with Gasteiger partial charge in [0.05, 0.1) is 17.5 Å². The number of hydrogen-bond acceptors (Lipinski definition) is 9. The SMILES string of the molecule is COc1ccc(CCNc2nc(NCC3CCC(CNS(=O)(=O)c4ccc(OC(F)(F)F)cc4)CC3)nc3ccccc23)cc1.O=C(O)C(F)(F)F. The molecule has 5 rings (SSSR count). The summed E-state index contributed by atoms with van der Waals surface area (Å²) in [4.78, 5) is 18.3. The molecule has 4 aromatic rings. The van der Waals surface area contributed by atoms with Crippen molar-refractivity contribution in [3.05, 3.63) is 78.4 Å². The number of fused-ring (bicyclic) bond motifs is 1. The number of benzene rings is 3. The third kappa shape index (κ3) is 12.4. The second-order valence-corrected chi connectivity index (χ2v) is 13.6. The first-order valence-corrected chi connectivity index (χ1v) is 17.5. The average Bonchev–Trinajstić information content (AvgIpc) is 3.10. The molecule has 0 unspecified atom stereocenters. The van der Waals surface area contributed by atoms with Crippen LogP contribution < -0.4 is 24.8 Å². The van der Waals surface area contributed by atoms with E-state index in [4.69, 9.17) is 24.6 Å². The summed E-state index contributed by atoms with van der Waals surface area (Å²) in [6.45, 7) is 1.68. The number of methoxy groups -OCH3 is 1. The van der Waals surface area contributed by atoms with Crippen molar-refractivity contribution in [2.75, 3.05) is 37.4 Å². The molecular formula is C34H37F6N5O6S. The smallest absolute Gasteiger partial charge is 0.497 e. The maximum absolute atomic E-state index is 12.7. The number of nitrogens with one attached hydrogen (secondary N) is 3. The zero-order valence-corrected chi connectivity index (χ0v) is 28.6.